The zero-order valence-corrected chi connectivity index (χ0v) is 16.6. The van der Waals surface area contributed by atoms with Crippen molar-refractivity contribution in [2.24, 2.45) is 0 Å². The Morgan fingerprint density at radius 2 is 1.96 bits per heavy atom. The number of nitrogens with one attached hydrogen (secondary N) is 1. The maximum absolute atomic E-state index is 12.3. The molecule has 0 fully saturated rings. The van der Waals surface area contributed by atoms with Crippen LogP contribution in [0.3, 0.4) is 0 Å². The summed E-state index contributed by atoms with van der Waals surface area (Å²) in [5.41, 5.74) is 2.11. The number of carbonyl (C=O) groups is 1. The number of likely N-dealkylation sites (N-methyl/N-ethyl adjacent to an activating group) is 1. The minimum absolute atomic E-state index is 0.0212. The SMILES string of the molecule is CN(C)C(CNC(=O)Cc1csc(-c2cccs2)n1)Cc1ccccc1. The van der Waals surface area contributed by atoms with Gasteiger partial charge >= 0.3 is 0 Å². The minimum Gasteiger partial charge on any atom is -0.354 e. The van der Waals surface area contributed by atoms with Crippen LogP contribution in [0.5, 0.6) is 0 Å². The normalized spacial score (nSPS) is 12.3. The number of amides is 1. The Bertz CT molecular complexity index is 813. The van der Waals surface area contributed by atoms with E-state index in [9.17, 15) is 4.79 Å². The van der Waals surface area contributed by atoms with Gasteiger partial charge in [-0.05, 0) is 37.5 Å². The number of hydrogen-bond donors (Lipinski definition) is 1. The molecule has 0 aliphatic rings. The molecule has 0 aliphatic carbocycles. The van der Waals surface area contributed by atoms with Crippen LogP contribution in [-0.4, -0.2) is 42.5 Å². The quantitative estimate of drug-likeness (QED) is 0.643. The van der Waals surface area contributed by atoms with Crippen LogP contribution in [0.2, 0.25) is 0 Å². The average Bonchev–Trinajstić information content (AvgIpc) is 3.30. The van der Waals surface area contributed by atoms with Crippen LogP contribution >= 0.6 is 22.7 Å². The van der Waals surface area contributed by atoms with Crippen molar-refractivity contribution in [2.45, 2.75) is 18.9 Å². The van der Waals surface area contributed by atoms with E-state index in [0.717, 1.165) is 22.0 Å². The van der Waals surface area contributed by atoms with Crippen molar-refractivity contribution in [1.29, 1.82) is 0 Å². The molecule has 2 aromatic heterocycles. The van der Waals surface area contributed by atoms with Crippen LogP contribution in [-0.2, 0) is 17.6 Å². The lowest BCUT2D eigenvalue weighted by atomic mass is 10.1. The Morgan fingerprint density at radius 3 is 2.65 bits per heavy atom. The summed E-state index contributed by atoms with van der Waals surface area (Å²) in [6, 6.07) is 14.7. The van der Waals surface area contributed by atoms with E-state index in [1.54, 1.807) is 22.7 Å². The molecule has 1 unspecified atom stereocenters. The molecular weight excluding hydrogens is 362 g/mol. The molecule has 1 amide bonds. The van der Waals surface area contributed by atoms with Crippen molar-refractivity contribution in [3.8, 4) is 9.88 Å². The second-order valence-corrected chi connectivity index (χ2v) is 8.22. The summed E-state index contributed by atoms with van der Waals surface area (Å²) >= 11 is 3.26. The van der Waals surface area contributed by atoms with Crippen LogP contribution in [0.15, 0.2) is 53.2 Å². The lowest BCUT2D eigenvalue weighted by Gasteiger charge is -2.24. The summed E-state index contributed by atoms with van der Waals surface area (Å²) < 4.78 is 0. The van der Waals surface area contributed by atoms with Gasteiger partial charge in [-0.15, -0.1) is 22.7 Å². The first kappa shape index (κ1) is 18.8. The van der Waals surface area contributed by atoms with E-state index in [2.05, 4.69) is 33.4 Å². The van der Waals surface area contributed by atoms with Crippen molar-refractivity contribution in [3.63, 3.8) is 0 Å². The Morgan fingerprint density at radius 1 is 1.15 bits per heavy atom. The zero-order valence-electron chi connectivity index (χ0n) is 15.0. The lowest BCUT2D eigenvalue weighted by Crippen LogP contribution is -2.42. The zero-order chi connectivity index (χ0) is 18.4. The molecule has 1 aromatic carbocycles. The molecule has 1 atom stereocenters. The third-order valence-electron chi connectivity index (χ3n) is 4.20. The van der Waals surface area contributed by atoms with Crippen LogP contribution < -0.4 is 5.32 Å². The number of benzene rings is 1. The molecule has 0 saturated heterocycles. The molecule has 0 aliphatic heterocycles. The average molecular weight is 386 g/mol. The van der Waals surface area contributed by atoms with E-state index in [1.807, 2.05) is 49.1 Å². The maximum atomic E-state index is 12.3. The Hall–Kier alpha value is -2.02. The van der Waals surface area contributed by atoms with E-state index in [4.69, 9.17) is 0 Å². The van der Waals surface area contributed by atoms with Crippen molar-refractivity contribution in [1.82, 2.24) is 15.2 Å². The van der Waals surface area contributed by atoms with Crippen LogP contribution in [0.4, 0.5) is 0 Å². The molecule has 2 heterocycles. The maximum Gasteiger partial charge on any atom is 0.226 e. The molecule has 26 heavy (non-hydrogen) atoms. The van der Waals surface area contributed by atoms with Gasteiger partial charge < -0.3 is 10.2 Å². The van der Waals surface area contributed by atoms with Gasteiger partial charge in [0, 0.05) is 18.0 Å². The summed E-state index contributed by atoms with van der Waals surface area (Å²) in [6.07, 6.45) is 1.24. The van der Waals surface area contributed by atoms with E-state index >= 15 is 0 Å². The predicted molar refractivity (Wildman–Crippen MR) is 110 cm³/mol. The van der Waals surface area contributed by atoms with E-state index in [1.165, 1.54) is 5.56 Å². The third kappa shape index (κ3) is 5.24. The fraction of sp³-hybridized carbons (Fsp3) is 0.300. The predicted octanol–water partition coefficient (Wildman–Crippen LogP) is 3.70. The molecular formula is C20H23N3OS2. The van der Waals surface area contributed by atoms with Crippen LogP contribution in [0, 0.1) is 0 Å². The van der Waals surface area contributed by atoms with Crippen molar-refractivity contribution in [3.05, 3.63) is 64.5 Å². The number of thiazole rings is 1. The molecule has 6 heteroatoms. The molecule has 0 saturated carbocycles. The number of thiophene rings is 1. The van der Waals surface area contributed by atoms with Gasteiger partial charge in [0.2, 0.25) is 5.91 Å². The summed E-state index contributed by atoms with van der Waals surface area (Å²) in [4.78, 5) is 20.2. The molecule has 4 nitrogen and oxygen atoms in total. The highest BCUT2D eigenvalue weighted by molar-refractivity contribution is 7.20. The van der Waals surface area contributed by atoms with Gasteiger partial charge in [0.05, 0.1) is 17.0 Å². The highest BCUT2D eigenvalue weighted by Gasteiger charge is 2.15. The van der Waals surface area contributed by atoms with Crippen molar-refractivity contribution in [2.75, 3.05) is 20.6 Å². The first-order valence-electron chi connectivity index (χ1n) is 8.57. The number of nitrogens with zero attached hydrogens (tertiary/aromatic N) is 2. The molecule has 136 valence electrons. The van der Waals surface area contributed by atoms with Crippen molar-refractivity contribution >= 4 is 28.6 Å². The van der Waals surface area contributed by atoms with Crippen LogP contribution in [0.1, 0.15) is 11.3 Å². The highest BCUT2D eigenvalue weighted by Crippen LogP contribution is 2.27. The lowest BCUT2D eigenvalue weighted by molar-refractivity contribution is -0.120. The van der Waals surface area contributed by atoms with Gasteiger partial charge in [-0.1, -0.05) is 36.4 Å². The Labute approximate surface area is 162 Å². The number of aromatic nitrogens is 1. The standard InChI is InChI=1S/C20H23N3OS2/c1-23(2)17(11-15-7-4-3-5-8-15)13-21-19(24)12-16-14-26-20(22-16)18-9-6-10-25-18/h3-10,14,17H,11-13H2,1-2H3,(H,21,24). The van der Waals surface area contributed by atoms with E-state index in [0.29, 0.717) is 13.0 Å². The van der Waals surface area contributed by atoms with Gasteiger partial charge in [-0.25, -0.2) is 4.98 Å². The topological polar surface area (TPSA) is 45.2 Å². The number of carbonyl (C=O) groups excluding carboxylic acids is 1. The molecule has 1 N–H and O–H groups in total. The van der Waals surface area contributed by atoms with Gasteiger partial charge in [0.15, 0.2) is 0 Å². The molecule has 0 bridgehead atoms. The Kier molecular flexibility index (Phi) is 6.55. The number of hydrogen-bond acceptors (Lipinski definition) is 5. The first-order valence-corrected chi connectivity index (χ1v) is 10.3. The van der Waals surface area contributed by atoms with Gasteiger partial charge in [-0.2, -0.15) is 0 Å². The van der Waals surface area contributed by atoms with E-state index < -0.39 is 0 Å². The van der Waals surface area contributed by atoms with Gasteiger partial charge in [0.1, 0.15) is 5.01 Å². The highest BCUT2D eigenvalue weighted by atomic mass is 32.1. The Balaban J connectivity index is 1.52. The van der Waals surface area contributed by atoms with E-state index in [-0.39, 0.29) is 11.9 Å². The largest absolute Gasteiger partial charge is 0.354 e. The molecule has 3 rings (SSSR count). The molecule has 0 spiro atoms. The molecule has 0 radical (unpaired) electrons. The van der Waals surface area contributed by atoms with Crippen molar-refractivity contribution < 1.29 is 4.79 Å². The van der Waals surface area contributed by atoms with Gasteiger partial charge in [0.25, 0.3) is 0 Å². The summed E-state index contributed by atoms with van der Waals surface area (Å²) in [5.74, 6) is 0.0212. The second-order valence-electron chi connectivity index (χ2n) is 6.41. The summed E-state index contributed by atoms with van der Waals surface area (Å²) in [7, 11) is 4.10. The fourth-order valence-corrected chi connectivity index (χ4v) is 4.32. The van der Waals surface area contributed by atoms with Gasteiger partial charge in [-0.3, -0.25) is 4.79 Å². The second kappa shape index (κ2) is 9.07. The smallest absolute Gasteiger partial charge is 0.226 e. The first-order chi connectivity index (χ1) is 12.6. The summed E-state index contributed by atoms with van der Waals surface area (Å²) in [5, 5.41) is 8.06. The number of rotatable bonds is 8. The summed E-state index contributed by atoms with van der Waals surface area (Å²) in [6.45, 7) is 0.628. The van der Waals surface area contributed by atoms with Crippen LogP contribution in [0.25, 0.3) is 9.88 Å². The third-order valence-corrected chi connectivity index (χ3v) is 6.13. The molecule has 3 aromatic rings. The monoisotopic (exact) mass is 385 g/mol. The fourth-order valence-electron chi connectivity index (χ4n) is 2.68. The minimum atomic E-state index is 0.0212.